The lowest BCUT2D eigenvalue weighted by Crippen LogP contribution is -1.94. The third-order valence-corrected chi connectivity index (χ3v) is 1.16. The molecule has 1 rings (SSSR count). The van der Waals surface area contributed by atoms with Crippen LogP contribution in [0.15, 0.2) is 0 Å². The molecule has 0 bridgehead atoms. The highest BCUT2D eigenvalue weighted by Crippen LogP contribution is 2.09. The van der Waals surface area contributed by atoms with E-state index in [4.69, 9.17) is 4.74 Å². The minimum atomic E-state index is 0. The molecular weight excluding hydrogens is 76.1 g/mol. The zero-order valence-corrected chi connectivity index (χ0v) is 4.11. The molecule has 6 heavy (non-hydrogen) atoms. The number of hydrogen-bond donors (Lipinski definition) is 0. The fourth-order valence-corrected chi connectivity index (χ4v) is 0.739. The Hall–Kier alpha value is -0.0400. The summed E-state index contributed by atoms with van der Waals surface area (Å²) in [4.78, 5) is 0. The Bertz CT molecular complexity index is 41.3. The predicted molar refractivity (Wildman–Crippen MR) is 26.8 cm³/mol. The number of rotatable bonds is 0. The Morgan fingerprint density at radius 2 is 2.67 bits per heavy atom. The first-order valence-electron chi connectivity index (χ1n) is 2.51. The first-order chi connectivity index (χ1) is 2.89. The summed E-state index contributed by atoms with van der Waals surface area (Å²) in [6.45, 7) is 3.11. The molecule has 1 atom stereocenters. The van der Waals surface area contributed by atoms with E-state index in [2.05, 4.69) is 6.92 Å². The van der Waals surface area contributed by atoms with Crippen LogP contribution in [0.3, 0.4) is 0 Å². The highest BCUT2D eigenvalue weighted by atomic mass is 16.5. The van der Waals surface area contributed by atoms with Crippen molar-refractivity contribution >= 4 is 0 Å². The molecular formula is C5H12O. The van der Waals surface area contributed by atoms with Crippen LogP contribution >= 0.6 is 0 Å². The van der Waals surface area contributed by atoms with Crippen LogP contribution in [0.4, 0.5) is 0 Å². The third-order valence-electron chi connectivity index (χ3n) is 1.16. The second kappa shape index (κ2) is 1.61. The summed E-state index contributed by atoms with van der Waals surface area (Å²) in [5.74, 6) is 0. The van der Waals surface area contributed by atoms with Crippen LogP contribution in [0.25, 0.3) is 0 Å². The summed E-state index contributed by atoms with van der Waals surface area (Å²) < 4.78 is 5.15. The lowest BCUT2D eigenvalue weighted by atomic mass is 10.3. The molecule has 0 amide bonds. The highest BCUT2D eigenvalue weighted by Gasteiger charge is 2.07. The summed E-state index contributed by atoms with van der Waals surface area (Å²) >= 11 is 0. The van der Waals surface area contributed by atoms with Gasteiger partial charge in [0.1, 0.15) is 0 Å². The Balaban J connectivity index is 0.000000360. The Labute approximate surface area is 39.8 Å². The van der Waals surface area contributed by atoms with E-state index >= 15 is 0 Å². The quantitative estimate of drug-likeness (QED) is 0.436. The van der Waals surface area contributed by atoms with E-state index in [1.165, 1.54) is 12.8 Å². The standard InChI is InChI=1S/C5H10O.H2/c1-5-3-2-4-6-5;/h5H,2-4H2,1H3;1H/i;1+1. The smallest absolute Gasteiger partial charge is 0.0547 e. The maximum atomic E-state index is 5.15. The molecule has 1 aliphatic rings. The number of hydrogen-bond acceptors (Lipinski definition) is 1. The molecule has 1 heteroatoms. The minimum absolute atomic E-state index is 0. The zero-order chi connectivity index (χ0) is 4.41. The van der Waals surface area contributed by atoms with Gasteiger partial charge in [0.2, 0.25) is 0 Å². The molecule has 1 fully saturated rings. The fraction of sp³-hybridized carbons (Fsp3) is 1.00. The van der Waals surface area contributed by atoms with E-state index in [9.17, 15) is 0 Å². The van der Waals surface area contributed by atoms with E-state index < -0.39 is 0 Å². The first-order valence-corrected chi connectivity index (χ1v) is 2.51. The summed E-state index contributed by atoms with van der Waals surface area (Å²) in [6, 6.07) is 0. The predicted octanol–water partition coefficient (Wildman–Crippen LogP) is 1.43. The molecule has 1 nitrogen and oxygen atoms in total. The van der Waals surface area contributed by atoms with Gasteiger partial charge in [0.05, 0.1) is 6.10 Å². The van der Waals surface area contributed by atoms with Gasteiger partial charge in [0.15, 0.2) is 0 Å². The van der Waals surface area contributed by atoms with Gasteiger partial charge in [-0.1, -0.05) is 0 Å². The minimum Gasteiger partial charge on any atom is -0.379 e. The van der Waals surface area contributed by atoms with Crippen LogP contribution in [-0.2, 0) is 4.74 Å². The normalized spacial score (nSPS) is 34.5. The largest absolute Gasteiger partial charge is 0.379 e. The monoisotopic (exact) mass is 89.1 g/mol. The summed E-state index contributed by atoms with van der Waals surface area (Å²) in [6.07, 6.45) is 3.08. The van der Waals surface area contributed by atoms with Crippen LogP contribution in [0.5, 0.6) is 0 Å². The molecule has 0 aliphatic carbocycles. The van der Waals surface area contributed by atoms with Crippen molar-refractivity contribution in [2.24, 2.45) is 0 Å². The van der Waals surface area contributed by atoms with Crippen molar-refractivity contribution in [2.45, 2.75) is 25.9 Å². The van der Waals surface area contributed by atoms with Crippen molar-refractivity contribution in [3.63, 3.8) is 0 Å². The number of ether oxygens (including phenoxy) is 1. The van der Waals surface area contributed by atoms with Crippen LogP contribution < -0.4 is 0 Å². The van der Waals surface area contributed by atoms with Gasteiger partial charge in [-0.25, -0.2) is 0 Å². The summed E-state index contributed by atoms with van der Waals surface area (Å²) in [5, 5.41) is 0. The van der Waals surface area contributed by atoms with Gasteiger partial charge in [0.25, 0.3) is 0 Å². The lowest BCUT2D eigenvalue weighted by molar-refractivity contribution is 0.125. The average Bonchev–Trinajstić information content (AvgIpc) is 1.86. The molecule has 0 saturated carbocycles. The topological polar surface area (TPSA) is 9.23 Å². The molecule has 0 aromatic carbocycles. The zero-order valence-electron chi connectivity index (χ0n) is 4.11. The van der Waals surface area contributed by atoms with Crippen molar-refractivity contribution in [1.29, 1.82) is 0 Å². The Kier molecular flexibility index (Phi) is 1.10. The van der Waals surface area contributed by atoms with Crippen molar-refractivity contribution in [3.05, 3.63) is 0 Å². The lowest BCUT2D eigenvalue weighted by Gasteiger charge is -1.94. The molecule has 1 saturated heterocycles. The third kappa shape index (κ3) is 0.716. The van der Waals surface area contributed by atoms with Crippen molar-refractivity contribution < 1.29 is 6.16 Å². The van der Waals surface area contributed by atoms with Crippen LogP contribution in [0.1, 0.15) is 21.2 Å². The maximum Gasteiger partial charge on any atom is 0.0547 e. The molecule has 38 valence electrons. The van der Waals surface area contributed by atoms with Gasteiger partial charge < -0.3 is 4.74 Å². The van der Waals surface area contributed by atoms with E-state index in [0.717, 1.165) is 6.61 Å². The van der Waals surface area contributed by atoms with Crippen LogP contribution in [0.2, 0.25) is 0 Å². The van der Waals surface area contributed by atoms with Gasteiger partial charge in [0, 0.05) is 8.03 Å². The van der Waals surface area contributed by atoms with Crippen molar-refractivity contribution in [3.8, 4) is 0 Å². The SMILES string of the molecule is CC1CCCO1.[2HH]. The Morgan fingerprint density at radius 3 is 2.83 bits per heavy atom. The molecule has 0 aromatic heterocycles. The second-order valence-corrected chi connectivity index (χ2v) is 1.82. The maximum absolute atomic E-state index is 5.15. The summed E-state index contributed by atoms with van der Waals surface area (Å²) in [7, 11) is 0. The molecule has 1 unspecified atom stereocenters. The van der Waals surface area contributed by atoms with Crippen LogP contribution in [-0.4, -0.2) is 12.7 Å². The van der Waals surface area contributed by atoms with E-state index in [1.807, 2.05) is 0 Å². The molecule has 0 N–H and O–H groups in total. The first kappa shape index (κ1) is 4.13. The van der Waals surface area contributed by atoms with Gasteiger partial charge in [-0.05, 0) is 19.8 Å². The van der Waals surface area contributed by atoms with E-state index in [-0.39, 0.29) is 1.43 Å². The van der Waals surface area contributed by atoms with Crippen molar-refractivity contribution in [1.82, 2.24) is 0 Å². The van der Waals surface area contributed by atoms with Gasteiger partial charge in [-0.15, -0.1) is 0 Å². The Morgan fingerprint density at radius 1 is 1.83 bits per heavy atom. The van der Waals surface area contributed by atoms with Gasteiger partial charge >= 0.3 is 0 Å². The summed E-state index contributed by atoms with van der Waals surface area (Å²) in [5.41, 5.74) is 0. The molecule has 0 aromatic rings. The fourth-order valence-electron chi connectivity index (χ4n) is 0.739. The van der Waals surface area contributed by atoms with Gasteiger partial charge in [-0.3, -0.25) is 0 Å². The van der Waals surface area contributed by atoms with Crippen LogP contribution in [0, 0.1) is 0 Å². The average molecular weight is 89.2 g/mol. The highest BCUT2D eigenvalue weighted by molar-refractivity contribution is 4.56. The molecule has 1 heterocycles. The molecule has 0 spiro atoms. The second-order valence-electron chi connectivity index (χ2n) is 1.82. The van der Waals surface area contributed by atoms with E-state index in [1.54, 1.807) is 0 Å². The molecule has 1 aliphatic heterocycles. The molecule has 0 radical (unpaired) electrons. The van der Waals surface area contributed by atoms with Gasteiger partial charge in [-0.2, -0.15) is 0 Å². The van der Waals surface area contributed by atoms with Crippen molar-refractivity contribution in [2.75, 3.05) is 6.61 Å². The van der Waals surface area contributed by atoms with E-state index in [0.29, 0.717) is 6.10 Å².